The smallest absolute Gasteiger partial charge is 0.253 e. The minimum absolute atomic E-state index is 0.00837. The Bertz CT molecular complexity index is 397. The molecule has 1 rings (SSSR count). The van der Waals surface area contributed by atoms with Crippen LogP contribution in [0.2, 0.25) is 0 Å². The fraction of sp³-hybridized carbons (Fsp3) is 0.538. The number of nitrogens with two attached hydrogens (primary N) is 1. The summed E-state index contributed by atoms with van der Waals surface area (Å²) in [6.07, 6.45) is 0.953. The van der Waals surface area contributed by atoms with Crippen molar-refractivity contribution in [3.05, 3.63) is 23.4 Å². The van der Waals surface area contributed by atoms with E-state index in [2.05, 4.69) is 9.88 Å². The van der Waals surface area contributed by atoms with Crippen LogP contribution in [-0.2, 0) is 0 Å². The molecule has 0 atom stereocenters. The number of nitrogens with zero attached hydrogens (tertiary/aromatic N) is 3. The van der Waals surface area contributed by atoms with Gasteiger partial charge in [-0.2, -0.15) is 0 Å². The molecule has 5 heteroatoms. The van der Waals surface area contributed by atoms with E-state index in [-0.39, 0.29) is 5.91 Å². The lowest BCUT2D eigenvalue weighted by Gasteiger charge is -2.19. The topological polar surface area (TPSA) is 62.5 Å². The molecule has 0 aromatic carbocycles. The van der Waals surface area contributed by atoms with Crippen molar-refractivity contribution in [2.75, 3.05) is 40.0 Å². The van der Waals surface area contributed by atoms with Gasteiger partial charge in [0.15, 0.2) is 0 Å². The van der Waals surface area contributed by atoms with Crippen LogP contribution >= 0.6 is 0 Å². The normalized spacial score (nSPS) is 10.7. The molecule has 0 aliphatic heterocycles. The maximum atomic E-state index is 12.2. The highest BCUT2D eigenvalue weighted by Gasteiger charge is 2.12. The number of carbonyl (C=O) groups is 1. The Morgan fingerprint density at radius 2 is 1.94 bits per heavy atom. The molecule has 0 saturated carbocycles. The molecule has 0 spiro atoms. The molecule has 0 bridgehead atoms. The van der Waals surface area contributed by atoms with Crippen molar-refractivity contribution in [2.24, 2.45) is 0 Å². The van der Waals surface area contributed by atoms with Gasteiger partial charge in [-0.1, -0.05) is 0 Å². The Kier molecular flexibility index (Phi) is 5.09. The van der Waals surface area contributed by atoms with Crippen LogP contribution < -0.4 is 5.73 Å². The van der Waals surface area contributed by atoms with Gasteiger partial charge in [0.25, 0.3) is 5.91 Å². The van der Waals surface area contributed by atoms with E-state index in [0.717, 1.165) is 25.2 Å². The van der Waals surface area contributed by atoms with Crippen LogP contribution in [0.3, 0.4) is 0 Å². The molecule has 1 aromatic heterocycles. The number of anilines is 1. The first-order valence-electron chi connectivity index (χ1n) is 6.04. The first kappa shape index (κ1) is 14.4. The lowest BCUT2D eigenvalue weighted by molar-refractivity contribution is 0.0790. The fourth-order valence-corrected chi connectivity index (χ4v) is 1.76. The molecule has 1 amide bonds. The molecule has 5 nitrogen and oxygen atoms in total. The molecular formula is C13H22N4O. The molecule has 0 aliphatic rings. The Morgan fingerprint density at radius 3 is 2.50 bits per heavy atom. The summed E-state index contributed by atoms with van der Waals surface area (Å²) in [6, 6.07) is 3.39. The van der Waals surface area contributed by atoms with Crippen molar-refractivity contribution < 1.29 is 4.79 Å². The zero-order valence-corrected chi connectivity index (χ0v) is 11.6. The minimum atomic E-state index is -0.00837. The van der Waals surface area contributed by atoms with Crippen LogP contribution in [0.1, 0.15) is 22.5 Å². The number of amides is 1. The number of hydrogen-bond acceptors (Lipinski definition) is 4. The SMILES string of the molecule is Cc1cc(C(=O)N(C)CCCN(C)C)cc(N)n1. The number of pyridine rings is 1. The van der Waals surface area contributed by atoms with Crippen LogP contribution in [0.25, 0.3) is 0 Å². The van der Waals surface area contributed by atoms with E-state index >= 15 is 0 Å². The lowest BCUT2D eigenvalue weighted by atomic mass is 10.2. The molecule has 1 heterocycles. The van der Waals surface area contributed by atoms with Crippen molar-refractivity contribution in [1.82, 2.24) is 14.8 Å². The Labute approximate surface area is 109 Å². The summed E-state index contributed by atoms with van der Waals surface area (Å²) >= 11 is 0. The molecule has 100 valence electrons. The molecule has 0 aliphatic carbocycles. The second-order valence-electron chi connectivity index (χ2n) is 4.81. The van der Waals surface area contributed by atoms with Crippen molar-refractivity contribution in [1.29, 1.82) is 0 Å². The number of rotatable bonds is 5. The molecule has 0 unspecified atom stereocenters. The molecule has 0 saturated heterocycles. The maximum Gasteiger partial charge on any atom is 0.253 e. The van der Waals surface area contributed by atoms with Gasteiger partial charge in [-0.15, -0.1) is 0 Å². The summed E-state index contributed by atoms with van der Waals surface area (Å²) in [5.41, 5.74) is 7.02. The van der Waals surface area contributed by atoms with Gasteiger partial charge in [0.1, 0.15) is 5.82 Å². The van der Waals surface area contributed by atoms with Crippen LogP contribution in [0.5, 0.6) is 0 Å². The predicted octanol–water partition coefficient (Wildman–Crippen LogP) is 0.996. The zero-order valence-electron chi connectivity index (χ0n) is 11.6. The van der Waals surface area contributed by atoms with Crippen LogP contribution in [-0.4, -0.2) is 54.9 Å². The predicted molar refractivity (Wildman–Crippen MR) is 73.5 cm³/mol. The number of nitrogen functional groups attached to an aromatic ring is 1. The maximum absolute atomic E-state index is 12.2. The third-order valence-electron chi connectivity index (χ3n) is 2.67. The number of carbonyl (C=O) groups excluding carboxylic acids is 1. The second-order valence-corrected chi connectivity index (χ2v) is 4.81. The molecular weight excluding hydrogens is 228 g/mol. The van der Waals surface area contributed by atoms with E-state index in [1.54, 1.807) is 17.0 Å². The van der Waals surface area contributed by atoms with E-state index in [0.29, 0.717) is 11.4 Å². The Balaban J connectivity index is 2.62. The molecule has 0 fully saturated rings. The Morgan fingerprint density at radius 1 is 1.28 bits per heavy atom. The van der Waals surface area contributed by atoms with Crippen molar-refractivity contribution in [3.63, 3.8) is 0 Å². The highest BCUT2D eigenvalue weighted by Crippen LogP contribution is 2.09. The highest BCUT2D eigenvalue weighted by atomic mass is 16.2. The molecule has 18 heavy (non-hydrogen) atoms. The monoisotopic (exact) mass is 250 g/mol. The summed E-state index contributed by atoms with van der Waals surface area (Å²) in [5.74, 6) is 0.381. The van der Waals surface area contributed by atoms with Crippen molar-refractivity contribution in [3.8, 4) is 0 Å². The first-order chi connectivity index (χ1) is 8.40. The van der Waals surface area contributed by atoms with Crippen LogP contribution in [0.4, 0.5) is 5.82 Å². The molecule has 0 radical (unpaired) electrons. The van der Waals surface area contributed by atoms with Crippen LogP contribution in [0, 0.1) is 6.92 Å². The average molecular weight is 250 g/mol. The van der Waals surface area contributed by atoms with E-state index < -0.39 is 0 Å². The largest absolute Gasteiger partial charge is 0.384 e. The second kappa shape index (κ2) is 6.35. The van der Waals surface area contributed by atoms with Gasteiger partial charge in [0.05, 0.1) is 0 Å². The van der Waals surface area contributed by atoms with Gasteiger partial charge in [-0.3, -0.25) is 4.79 Å². The zero-order chi connectivity index (χ0) is 13.7. The van der Waals surface area contributed by atoms with Gasteiger partial charge in [0.2, 0.25) is 0 Å². The third kappa shape index (κ3) is 4.33. The molecule has 2 N–H and O–H groups in total. The first-order valence-corrected chi connectivity index (χ1v) is 6.04. The summed E-state index contributed by atoms with van der Waals surface area (Å²) in [6.45, 7) is 3.53. The minimum Gasteiger partial charge on any atom is -0.384 e. The lowest BCUT2D eigenvalue weighted by Crippen LogP contribution is -2.30. The van der Waals surface area contributed by atoms with E-state index in [9.17, 15) is 4.79 Å². The fourth-order valence-electron chi connectivity index (χ4n) is 1.76. The standard InChI is InChI=1S/C13H22N4O/c1-10-8-11(9-12(14)15-10)13(18)17(4)7-5-6-16(2)3/h8-9H,5-7H2,1-4H3,(H2,14,15). The van der Waals surface area contributed by atoms with Gasteiger partial charge < -0.3 is 15.5 Å². The Hall–Kier alpha value is -1.62. The van der Waals surface area contributed by atoms with E-state index in [1.165, 1.54) is 0 Å². The third-order valence-corrected chi connectivity index (χ3v) is 2.67. The van der Waals surface area contributed by atoms with Gasteiger partial charge >= 0.3 is 0 Å². The van der Waals surface area contributed by atoms with Gasteiger partial charge in [-0.05, 0) is 46.1 Å². The average Bonchev–Trinajstić information content (AvgIpc) is 2.26. The van der Waals surface area contributed by atoms with Crippen molar-refractivity contribution >= 4 is 11.7 Å². The quantitative estimate of drug-likeness (QED) is 0.846. The van der Waals surface area contributed by atoms with Crippen LogP contribution in [0.15, 0.2) is 12.1 Å². The number of aryl methyl sites for hydroxylation is 1. The van der Waals surface area contributed by atoms with E-state index in [1.807, 2.05) is 28.1 Å². The summed E-state index contributed by atoms with van der Waals surface area (Å²) in [5, 5.41) is 0. The number of hydrogen-bond donors (Lipinski definition) is 1. The summed E-state index contributed by atoms with van der Waals surface area (Å²) in [4.78, 5) is 20.0. The van der Waals surface area contributed by atoms with Gasteiger partial charge in [-0.25, -0.2) is 4.98 Å². The molecule has 1 aromatic rings. The summed E-state index contributed by atoms with van der Waals surface area (Å²) < 4.78 is 0. The summed E-state index contributed by atoms with van der Waals surface area (Å²) in [7, 11) is 5.85. The van der Waals surface area contributed by atoms with Crippen molar-refractivity contribution in [2.45, 2.75) is 13.3 Å². The highest BCUT2D eigenvalue weighted by molar-refractivity contribution is 5.94. The van der Waals surface area contributed by atoms with Gasteiger partial charge in [0, 0.05) is 24.8 Å². The van der Waals surface area contributed by atoms with E-state index in [4.69, 9.17) is 5.73 Å². The number of aromatic nitrogens is 1.